The van der Waals surface area contributed by atoms with Crippen molar-refractivity contribution in [3.63, 3.8) is 0 Å². The molecular weight excluding hydrogens is 316 g/mol. The van der Waals surface area contributed by atoms with Crippen molar-refractivity contribution in [1.29, 1.82) is 5.26 Å². The van der Waals surface area contributed by atoms with E-state index >= 15 is 0 Å². The first-order chi connectivity index (χ1) is 12.3. The molecule has 0 bridgehead atoms. The lowest BCUT2D eigenvalue weighted by molar-refractivity contribution is 0.214. The van der Waals surface area contributed by atoms with Gasteiger partial charge in [0.25, 0.3) is 0 Å². The van der Waals surface area contributed by atoms with Crippen LogP contribution in [0.5, 0.6) is 11.5 Å². The Labute approximate surface area is 148 Å². The number of hydrogen-bond acceptors (Lipinski definition) is 5. The molecule has 5 nitrogen and oxygen atoms in total. The topological polar surface area (TPSA) is 63.8 Å². The van der Waals surface area contributed by atoms with Gasteiger partial charge >= 0.3 is 0 Å². The van der Waals surface area contributed by atoms with Crippen LogP contribution in [0.25, 0.3) is 0 Å². The van der Waals surface area contributed by atoms with E-state index in [0.29, 0.717) is 12.2 Å². The van der Waals surface area contributed by atoms with Gasteiger partial charge in [0.05, 0.1) is 6.61 Å². The standard InChI is InChI=1S/C20H22N2O3/c1-3-4-13-24-17-9-11-18(12-10-17)25-15-16-7-5-6-8-19(16)20(14-21)22-23-2/h5-12H,3-4,13,15H2,1-2H3. The minimum atomic E-state index is 0.223. The van der Waals surface area contributed by atoms with Crippen LogP contribution in [0.15, 0.2) is 53.7 Å². The zero-order valence-corrected chi connectivity index (χ0v) is 14.6. The molecule has 0 saturated carbocycles. The smallest absolute Gasteiger partial charge is 0.187 e. The average Bonchev–Trinajstić information content (AvgIpc) is 2.66. The summed E-state index contributed by atoms with van der Waals surface area (Å²) in [5, 5.41) is 13.0. The van der Waals surface area contributed by atoms with Gasteiger partial charge in [-0.2, -0.15) is 5.26 Å². The summed E-state index contributed by atoms with van der Waals surface area (Å²) in [4.78, 5) is 4.73. The van der Waals surface area contributed by atoms with Crippen molar-refractivity contribution in [3.05, 3.63) is 59.7 Å². The van der Waals surface area contributed by atoms with E-state index in [2.05, 4.69) is 12.1 Å². The minimum absolute atomic E-state index is 0.223. The molecule has 0 amide bonds. The van der Waals surface area contributed by atoms with Gasteiger partial charge in [0, 0.05) is 5.56 Å². The van der Waals surface area contributed by atoms with Crippen LogP contribution in [0.3, 0.4) is 0 Å². The highest BCUT2D eigenvalue weighted by Gasteiger charge is 2.10. The molecule has 0 atom stereocenters. The van der Waals surface area contributed by atoms with Crippen molar-refractivity contribution in [2.45, 2.75) is 26.4 Å². The van der Waals surface area contributed by atoms with Gasteiger partial charge < -0.3 is 14.3 Å². The quantitative estimate of drug-likeness (QED) is 0.388. The molecule has 2 rings (SSSR count). The zero-order chi connectivity index (χ0) is 17.9. The number of ether oxygens (including phenoxy) is 2. The predicted octanol–water partition coefficient (Wildman–Crippen LogP) is 4.32. The molecule has 2 aromatic rings. The van der Waals surface area contributed by atoms with Gasteiger partial charge in [0.1, 0.15) is 31.3 Å². The number of nitriles is 1. The highest BCUT2D eigenvalue weighted by molar-refractivity contribution is 6.12. The summed E-state index contributed by atoms with van der Waals surface area (Å²) >= 11 is 0. The second-order valence-corrected chi connectivity index (χ2v) is 5.35. The van der Waals surface area contributed by atoms with Crippen molar-refractivity contribution >= 4 is 5.71 Å². The third-order valence-corrected chi connectivity index (χ3v) is 3.55. The second kappa shape index (κ2) is 9.99. The molecule has 25 heavy (non-hydrogen) atoms. The van der Waals surface area contributed by atoms with Crippen LogP contribution >= 0.6 is 0 Å². The van der Waals surface area contributed by atoms with Gasteiger partial charge in [-0.15, -0.1) is 0 Å². The summed E-state index contributed by atoms with van der Waals surface area (Å²) < 4.78 is 11.5. The molecule has 0 unspecified atom stereocenters. The molecule has 0 aromatic heterocycles. The lowest BCUT2D eigenvalue weighted by Crippen LogP contribution is -2.06. The monoisotopic (exact) mass is 338 g/mol. The average molecular weight is 338 g/mol. The maximum Gasteiger partial charge on any atom is 0.187 e. The number of nitrogens with zero attached hydrogens (tertiary/aromatic N) is 2. The van der Waals surface area contributed by atoms with Gasteiger partial charge in [-0.05, 0) is 36.2 Å². The third-order valence-electron chi connectivity index (χ3n) is 3.55. The van der Waals surface area contributed by atoms with Crippen LogP contribution in [0.4, 0.5) is 0 Å². The molecule has 0 aliphatic heterocycles. The van der Waals surface area contributed by atoms with Gasteiger partial charge in [0.15, 0.2) is 5.71 Å². The lowest BCUT2D eigenvalue weighted by Gasteiger charge is -2.11. The van der Waals surface area contributed by atoms with Crippen LogP contribution in [-0.2, 0) is 11.4 Å². The van der Waals surface area contributed by atoms with Crippen LogP contribution in [0, 0.1) is 11.3 Å². The van der Waals surface area contributed by atoms with Crippen LogP contribution in [-0.4, -0.2) is 19.4 Å². The van der Waals surface area contributed by atoms with Crippen LogP contribution in [0.2, 0.25) is 0 Å². The zero-order valence-electron chi connectivity index (χ0n) is 14.6. The summed E-state index contributed by atoms with van der Waals surface area (Å²) in [6.45, 7) is 3.18. The van der Waals surface area contributed by atoms with E-state index in [9.17, 15) is 5.26 Å². The summed E-state index contributed by atoms with van der Waals surface area (Å²) in [5.74, 6) is 1.57. The Balaban J connectivity index is 2.02. The summed E-state index contributed by atoms with van der Waals surface area (Å²) in [6.07, 6.45) is 2.15. The van der Waals surface area contributed by atoms with Crippen molar-refractivity contribution in [2.75, 3.05) is 13.7 Å². The normalized spacial score (nSPS) is 10.8. The fourth-order valence-electron chi connectivity index (χ4n) is 2.23. The summed E-state index contributed by atoms with van der Waals surface area (Å²) in [6, 6.07) is 17.1. The minimum Gasteiger partial charge on any atom is -0.494 e. The molecule has 0 saturated heterocycles. The fraction of sp³-hybridized carbons (Fsp3) is 0.300. The molecule has 130 valence electrons. The van der Waals surface area contributed by atoms with Crippen molar-refractivity contribution in [2.24, 2.45) is 5.16 Å². The number of oxime groups is 1. The van der Waals surface area contributed by atoms with Crippen LogP contribution in [0.1, 0.15) is 30.9 Å². The molecular formula is C20H22N2O3. The molecule has 0 heterocycles. The maximum atomic E-state index is 9.22. The first kappa shape index (κ1) is 18.3. The Morgan fingerprint density at radius 2 is 1.72 bits per heavy atom. The SMILES string of the molecule is CCCCOc1ccc(OCc2ccccc2C(C#N)=NOC)cc1. The van der Waals surface area contributed by atoms with Crippen molar-refractivity contribution in [1.82, 2.24) is 0 Å². The first-order valence-electron chi connectivity index (χ1n) is 8.23. The number of unbranched alkanes of at least 4 members (excludes halogenated alkanes) is 1. The van der Waals surface area contributed by atoms with Crippen molar-refractivity contribution < 1.29 is 14.3 Å². The highest BCUT2D eigenvalue weighted by atomic mass is 16.6. The number of benzene rings is 2. The Hall–Kier alpha value is -3.00. The molecule has 0 fully saturated rings. The second-order valence-electron chi connectivity index (χ2n) is 5.35. The summed E-state index contributed by atoms with van der Waals surface area (Å²) in [7, 11) is 1.42. The Bertz CT molecular complexity index is 733. The molecule has 0 radical (unpaired) electrons. The van der Waals surface area contributed by atoms with Gasteiger partial charge in [-0.25, -0.2) is 0 Å². The first-order valence-corrected chi connectivity index (χ1v) is 8.23. The van der Waals surface area contributed by atoms with E-state index in [0.717, 1.165) is 36.5 Å². The Morgan fingerprint density at radius 3 is 2.36 bits per heavy atom. The third kappa shape index (κ3) is 5.54. The van der Waals surface area contributed by atoms with E-state index in [1.54, 1.807) is 0 Å². The van der Waals surface area contributed by atoms with Crippen LogP contribution < -0.4 is 9.47 Å². The molecule has 0 spiro atoms. The summed E-state index contributed by atoms with van der Waals surface area (Å²) in [5.41, 5.74) is 1.79. The Morgan fingerprint density at radius 1 is 1.04 bits per heavy atom. The van der Waals surface area contributed by atoms with Gasteiger partial charge in [-0.1, -0.05) is 42.8 Å². The fourth-order valence-corrected chi connectivity index (χ4v) is 2.23. The van der Waals surface area contributed by atoms with E-state index < -0.39 is 0 Å². The molecule has 2 aromatic carbocycles. The van der Waals surface area contributed by atoms with Gasteiger partial charge in [0.2, 0.25) is 0 Å². The van der Waals surface area contributed by atoms with E-state index in [1.165, 1.54) is 7.11 Å². The molecule has 5 heteroatoms. The Kier molecular flexibility index (Phi) is 7.33. The number of rotatable bonds is 9. The van der Waals surface area contributed by atoms with Gasteiger partial charge in [-0.3, -0.25) is 0 Å². The molecule has 0 aliphatic carbocycles. The lowest BCUT2D eigenvalue weighted by atomic mass is 10.0. The van der Waals surface area contributed by atoms with E-state index in [4.69, 9.17) is 14.3 Å². The van der Waals surface area contributed by atoms with Crippen molar-refractivity contribution in [3.8, 4) is 17.6 Å². The van der Waals surface area contributed by atoms with E-state index in [1.807, 2.05) is 54.6 Å². The molecule has 0 aliphatic rings. The maximum absolute atomic E-state index is 9.22. The highest BCUT2D eigenvalue weighted by Crippen LogP contribution is 2.20. The van der Waals surface area contributed by atoms with E-state index in [-0.39, 0.29) is 5.71 Å². The predicted molar refractivity (Wildman–Crippen MR) is 96.8 cm³/mol. The largest absolute Gasteiger partial charge is 0.494 e. The molecule has 0 N–H and O–H groups in total. The number of hydrogen-bond donors (Lipinski definition) is 0.